The van der Waals surface area contributed by atoms with Crippen molar-refractivity contribution in [2.75, 3.05) is 19.7 Å². The zero-order valence-corrected chi connectivity index (χ0v) is 10.5. The van der Waals surface area contributed by atoms with E-state index in [1.165, 1.54) is 37.7 Å². The first kappa shape index (κ1) is 12.6. The monoisotopic (exact) mass is 233 g/mol. The fourth-order valence-electron chi connectivity index (χ4n) is 2.29. The van der Waals surface area contributed by atoms with E-state index in [0.29, 0.717) is 6.10 Å². The molecule has 0 aliphatic carbocycles. The standard InChI is InChI=1S/C15H23NO/c1-2-7-14(8-3-1)9-4-5-12-17-15-10-6-11-16-13-15/h1-3,7-8,15-16H,4-6,9-13H2. The van der Waals surface area contributed by atoms with Gasteiger partial charge in [-0.1, -0.05) is 30.3 Å². The van der Waals surface area contributed by atoms with Gasteiger partial charge in [0.1, 0.15) is 0 Å². The van der Waals surface area contributed by atoms with Crippen molar-refractivity contribution in [3.8, 4) is 0 Å². The maximum Gasteiger partial charge on any atom is 0.0699 e. The molecule has 0 radical (unpaired) electrons. The Bertz CT molecular complexity index is 293. The summed E-state index contributed by atoms with van der Waals surface area (Å²) in [6.07, 6.45) is 6.52. The Morgan fingerprint density at radius 1 is 1.18 bits per heavy atom. The highest BCUT2D eigenvalue weighted by molar-refractivity contribution is 5.14. The number of ether oxygens (including phenoxy) is 1. The molecule has 2 nitrogen and oxygen atoms in total. The lowest BCUT2D eigenvalue weighted by Gasteiger charge is -2.22. The molecule has 1 unspecified atom stereocenters. The summed E-state index contributed by atoms with van der Waals surface area (Å²) in [4.78, 5) is 0. The Labute approximate surface area is 104 Å². The van der Waals surface area contributed by atoms with E-state index in [1.807, 2.05) is 0 Å². The molecule has 2 rings (SSSR count). The lowest BCUT2D eigenvalue weighted by atomic mass is 10.1. The number of hydrogen-bond donors (Lipinski definition) is 1. The molecule has 0 saturated carbocycles. The predicted octanol–water partition coefficient (Wildman–Crippen LogP) is 2.78. The third-order valence-corrected chi connectivity index (χ3v) is 3.31. The number of nitrogens with one attached hydrogen (secondary N) is 1. The molecular formula is C15H23NO. The first-order valence-corrected chi connectivity index (χ1v) is 6.81. The zero-order valence-electron chi connectivity index (χ0n) is 10.5. The van der Waals surface area contributed by atoms with Crippen LogP contribution >= 0.6 is 0 Å². The van der Waals surface area contributed by atoms with E-state index >= 15 is 0 Å². The van der Waals surface area contributed by atoms with E-state index in [2.05, 4.69) is 35.6 Å². The molecule has 1 aromatic carbocycles. The van der Waals surface area contributed by atoms with Gasteiger partial charge in [-0.2, -0.15) is 0 Å². The molecule has 1 aromatic rings. The molecular weight excluding hydrogens is 210 g/mol. The van der Waals surface area contributed by atoms with Crippen molar-refractivity contribution >= 4 is 0 Å². The number of hydrogen-bond acceptors (Lipinski definition) is 2. The molecule has 94 valence electrons. The fraction of sp³-hybridized carbons (Fsp3) is 0.600. The van der Waals surface area contributed by atoms with Crippen molar-refractivity contribution in [1.82, 2.24) is 5.32 Å². The van der Waals surface area contributed by atoms with Crippen LogP contribution in [0, 0.1) is 0 Å². The van der Waals surface area contributed by atoms with Gasteiger partial charge in [-0.3, -0.25) is 0 Å². The highest BCUT2D eigenvalue weighted by Gasteiger charge is 2.12. The van der Waals surface area contributed by atoms with Crippen molar-refractivity contribution < 1.29 is 4.74 Å². The molecule has 1 heterocycles. The summed E-state index contributed by atoms with van der Waals surface area (Å²) in [6, 6.07) is 10.7. The van der Waals surface area contributed by atoms with Crippen LogP contribution in [0.3, 0.4) is 0 Å². The Kier molecular flexibility index (Phi) is 5.53. The largest absolute Gasteiger partial charge is 0.377 e. The van der Waals surface area contributed by atoms with Crippen LogP contribution in [0.15, 0.2) is 30.3 Å². The van der Waals surface area contributed by atoms with Crippen LogP contribution < -0.4 is 5.32 Å². The normalized spacial score (nSPS) is 20.4. The van der Waals surface area contributed by atoms with Crippen molar-refractivity contribution in [3.05, 3.63) is 35.9 Å². The van der Waals surface area contributed by atoms with Crippen LogP contribution in [-0.4, -0.2) is 25.8 Å². The van der Waals surface area contributed by atoms with E-state index in [1.54, 1.807) is 0 Å². The predicted molar refractivity (Wildman–Crippen MR) is 71.2 cm³/mol. The highest BCUT2D eigenvalue weighted by atomic mass is 16.5. The minimum Gasteiger partial charge on any atom is -0.377 e. The Morgan fingerprint density at radius 2 is 2.06 bits per heavy atom. The summed E-state index contributed by atoms with van der Waals surface area (Å²) in [5.41, 5.74) is 1.44. The van der Waals surface area contributed by atoms with Crippen molar-refractivity contribution in [2.45, 2.75) is 38.2 Å². The second-order valence-electron chi connectivity index (χ2n) is 4.78. The lowest BCUT2D eigenvalue weighted by Crippen LogP contribution is -2.35. The average Bonchev–Trinajstić information content (AvgIpc) is 2.41. The molecule has 2 heteroatoms. The Hall–Kier alpha value is -0.860. The number of piperidine rings is 1. The zero-order chi connectivity index (χ0) is 11.8. The van der Waals surface area contributed by atoms with Gasteiger partial charge in [-0.25, -0.2) is 0 Å². The molecule has 1 fully saturated rings. The maximum absolute atomic E-state index is 5.86. The summed E-state index contributed by atoms with van der Waals surface area (Å²) >= 11 is 0. The molecule has 0 aromatic heterocycles. The van der Waals surface area contributed by atoms with Gasteiger partial charge in [0.25, 0.3) is 0 Å². The quantitative estimate of drug-likeness (QED) is 0.763. The third kappa shape index (κ3) is 4.88. The molecule has 1 atom stereocenters. The Morgan fingerprint density at radius 3 is 2.82 bits per heavy atom. The molecule has 1 saturated heterocycles. The smallest absolute Gasteiger partial charge is 0.0699 e. The summed E-state index contributed by atoms with van der Waals surface area (Å²) < 4.78 is 5.86. The minimum absolute atomic E-state index is 0.459. The van der Waals surface area contributed by atoms with Crippen molar-refractivity contribution in [1.29, 1.82) is 0 Å². The fourth-order valence-corrected chi connectivity index (χ4v) is 2.29. The average molecular weight is 233 g/mol. The van der Waals surface area contributed by atoms with Gasteiger partial charge in [0, 0.05) is 13.2 Å². The molecule has 1 aliphatic heterocycles. The van der Waals surface area contributed by atoms with Crippen molar-refractivity contribution in [2.24, 2.45) is 0 Å². The molecule has 0 bridgehead atoms. The first-order chi connectivity index (χ1) is 8.45. The van der Waals surface area contributed by atoms with Crippen LogP contribution in [0.1, 0.15) is 31.2 Å². The third-order valence-electron chi connectivity index (χ3n) is 3.31. The minimum atomic E-state index is 0.459. The van der Waals surface area contributed by atoms with Gasteiger partial charge in [-0.15, -0.1) is 0 Å². The highest BCUT2D eigenvalue weighted by Crippen LogP contribution is 2.08. The van der Waals surface area contributed by atoms with Gasteiger partial charge in [0.05, 0.1) is 6.10 Å². The van der Waals surface area contributed by atoms with E-state index in [0.717, 1.165) is 19.7 Å². The number of rotatable bonds is 6. The molecule has 17 heavy (non-hydrogen) atoms. The Balaban J connectivity index is 1.51. The van der Waals surface area contributed by atoms with Gasteiger partial charge in [0.15, 0.2) is 0 Å². The molecule has 1 N–H and O–H groups in total. The SMILES string of the molecule is c1ccc(CCCCOC2CCCNC2)cc1. The number of benzene rings is 1. The van der Waals surface area contributed by atoms with E-state index in [9.17, 15) is 0 Å². The van der Waals surface area contributed by atoms with Crippen LogP contribution in [0.5, 0.6) is 0 Å². The van der Waals surface area contributed by atoms with Crippen LogP contribution in [0.2, 0.25) is 0 Å². The van der Waals surface area contributed by atoms with E-state index in [4.69, 9.17) is 4.74 Å². The van der Waals surface area contributed by atoms with Crippen molar-refractivity contribution in [3.63, 3.8) is 0 Å². The molecule has 0 spiro atoms. The van der Waals surface area contributed by atoms with E-state index in [-0.39, 0.29) is 0 Å². The summed E-state index contributed by atoms with van der Waals surface area (Å²) in [5.74, 6) is 0. The van der Waals surface area contributed by atoms with Gasteiger partial charge in [-0.05, 0) is 44.2 Å². The van der Waals surface area contributed by atoms with Gasteiger partial charge < -0.3 is 10.1 Å². The summed E-state index contributed by atoms with van der Waals surface area (Å²) in [7, 11) is 0. The van der Waals surface area contributed by atoms with Crippen LogP contribution in [-0.2, 0) is 11.2 Å². The first-order valence-electron chi connectivity index (χ1n) is 6.81. The summed E-state index contributed by atoms with van der Waals surface area (Å²) in [5, 5.41) is 3.38. The lowest BCUT2D eigenvalue weighted by molar-refractivity contribution is 0.0350. The van der Waals surface area contributed by atoms with Crippen LogP contribution in [0.4, 0.5) is 0 Å². The second kappa shape index (κ2) is 7.46. The maximum atomic E-state index is 5.86. The van der Waals surface area contributed by atoms with Crippen LogP contribution in [0.25, 0.3) is 0 Å². The van der Waals surface area contributed by atoms with Gasteiger partial charge in [0.2, 0.25) is 0 Å². The van der Waals surface area contributed by atoms with E-state index < -0.39 is 0 Å². The second-order valence-corrected chi connectivity index (χ2v) is 4.78. The topological polar surface area (TPSA) is 21.3 Å². The number of aryl methyl sites for hydroxylation is 1. The summed E-state index contributed by atoms with van der Waals surface area (Å²) in [6.45, 7) is 3.12. The number of unbranched alkanes of at least 4 members (excludes halogenated alkanes) is 1. The molecule has 1 aliphatic rings. The molecule has 0 amide bonds. The van der Waals surface area contributed by atoms with Gasteiger partial charge >= 0.3 is 0 Å².